The molecule has 0 aromatic heterocycles. The Morgan fingerprint density at radius 3 is 1.31 bits per heavy atom. The largest absolute Gasteiger partial charge is 0.394 e. The summed E-state index contributed by atoms with van der Waals surface area (Å²) in [5.41, 5.74) is 0. The Labute approximate surface area is 429 Å². The zero-order valence-electron chi connectivity index (χ0n) is 44.7. The summed E-state index contributed by atoms with van der Waals surface area (Å²) in [7, 11) is 0. The molecule has 0 spiro atoms. The molecule has 0 radical (unpaired) electrons. The molecule has 1 aliphatic rings. The fourth-order valence-electron chi connectivity index (χ4n) is 8.69. The summed E-state index contributed by atoms with van der Waals surface area (Å²) >= 11 is 0. The number of hydrogen-bond donors (Lipinski definition) is 6. The Morgan fingerprint density at radius 1 is 0.500 bits per heavy atom. The van der Waals surface area contributed by atoms with Crippen molar-refractivity contribution in [3.63, 3.8) is 0 Å². The van der Waals surface area contributed by atoms with E-state index in [1.54, 1.807) is 6.08 Å². The van der Waals surface area contributed by atoms with Gasteiger partial charge in [0.25, 0.3) is 0 Å². The lowest BCUT2D eigenvalue weighted by Gasteiger charge is -2.40. The Kier molecular flexibility index (Phi) is 46.6. The van der Waals surface area contributed by atoms with E-state index in [1.807, 2.05) is 6.08 Å². The van der Waals surface area contributed by atoms with Gasteiger partial charge in [0.1, 0.15) is 24.4 Å². The van der Waals surface area contributed by atoms with Crippen LogP contribution in [0.5, 0.6) is 0 Å². The Balaban J connectivity index is 2.23. The highest BCUT2D eigenvalue weighted by Crippen LogP contribution is 2.23. The third kappa shape index (κ3) is 39.0. The smallest absolute Gasteiger partial charge is 0.220 e. The SMILES string of the molecule is CC/C=C\C/C=C\C/C=C\C/C=C\C/C=C\C/C=C\CCCCCCCCCCCCC(=O)NC(COC1OC(CO)C(O)C(O)C1O)C(O)/C=C/CCCCCCCCCCCCCCCCCC. The maximum absolute atomic E-state index is 13.1. The van der Waals surface area contributed by atoms with Gasteiger partial charge in [0, 0.05) is 6.42 Å². The number of unbranched alkanes of at least 4 members (excludes halogenated alkanes) is 26. The van der Waals surface area contributed by atoms with Gasteiger partial charge >= 0.3 is 0 Å². The quantitative estimate of drug-likeness (QED) is 0.0261. The highest BCUT2D eigenvalue weighted by atomic mass is 16.7. The average Bonchev–Trinajstić information content (AvgIpc) is 3.36. The van der Waals surface area contributed by atoms with E-state index in [2.05, 4.69) is 92.1 Å². The lowest BCUT2D eigenvalue weighted by molar-refractivity contribution is -0.302. The second-order valence-corrected chi connectivity index (χ2v) is 19.7. The van der Waals surface area contributed by atoms with Crippen LogP contribution in [0.2, 0.25) is 0 Å². The molecule has 9 heteroatoms. The predicted octanol–water partition coefficient (Wildman–Crippen LogP) is 14.2. The standard InChI is InChI=1S/C61H107NO8/c1-3-5-7-9-11-13-15-17-19-21-23-24-25-26-27-28-29-30-31-32-33-35-37-39-41-43-45-47-49-51-57(65)62-54(53-69-61-60(68)59(67)58(66)56(52-63)70-61)55(64)50-48-46-44-42-40-38-36-34-22-20-18-16-14-12-10-8-6-4-2/h5,7,11,13,17,19,23-24,26-27,29-30,48,50,54-56,58-61,63-64,66-68H,3-4,6,8-10,12,14-16,18,20-22,25,28,31-47,49,51-53H2,1-2H3,(H,62,65)/b7-5-,13-11-,19-17-,24-23-,27-26-,30-29-,50-48+. The molecule has 1 aliphatic heterocycles. The van der Waals surface area contributed by atoms with Crippen molar-refractivity contribution < 1.29 is 39.8 Å². The van der Waals surface area contributed by atoms with Crippen LogP contribution in [0, 0.1) is 0 Å². The molecule has 0 aromatic carbocycles. The third-order valence-corrected chi connectivity index (χ3v) is 13.2. The number of aliphatic hydroxyl groups excluding tert-OH is 5. The van der Waals surface area contributed by atoms with Gasteiger partial charge in [0.15, 0.2) is 6.29 Å². The van der Waals surface area contributed by atoms with Crippen LogP contribution in [-0.2, 0) is 14.3 Å². The molecule has 7 unspecified atom stereocenters. The second kappa shape index (κ2) is 49.9. The summed E-state index contributed by atoms with van der Waals surface area (Å²) in [6.45, 7) is 3.67. The van der Waals surface area contributed by atoms with Crippen LogP contribution in [0.4, 0.5) is 0 Å². The predicted molar refractivity (Wildman–Crippen MR) is 295 cm³/mol. The van der Waals surface area contributed by atoms with Crippen LogP contribution in [0.15, 0.2) is 85.1 Å². The van der Waals surface area contributed by atoms with Crippen LogP contribution in [0.3, 0.4) is 0 Å². The minimum atomic E-state index is -1.57. The van der Waals surface area contributed by atoms with Crippen molar-refractivity contribution in [1.29, 1.82) is 0 Å². The van der Waals surface area contributed by atoms with E-state index in [0.717, 1.165) is 83.5 Å². The van der Waals surface area contributed by atoms with E-state index in [0.29, 0.717) is 6.42 Å². The molecule has 7 atom stereocenters. The number of ether oxygens (including phenoxy) is 2. The maximum Gasteiger partial charge on any atom is 0.220 e. The number of allylic oxidation sites excluding steroid dienone is 13. The van der Waals surface area contributed by atoms with Crippen molar-refractivity contribution in [3.8, 4) is 0 Å². The van der Waals surface area contributed by atoms with Gasteiger partial charge in [0.05, 0.1) is 25.4 Å². The number of hydrogen-bond acceptors (Lipinski definition) is 8. The summed E-state index contributed by atoms with van der Waals surface area (Å²) in [5, 5.41) is 54.5. The molecule has 9 nitrogen and oxygen atoms in total. The van der Waals surface area contributed by atoms with Gasteiger partial charge < -0.3 is 40.3 Å². The molecule has 70 heavy (non-hydrogen) atoms. The first-order chi connectivity index (χ1) is 34.3. The van der Waals surface area contributed by atoms with Crippen molar-refractivity contribution in [2.24, 2.45) is 0 Å². The summed E-state index contributed by atoms with van der Waals surface area (Å²) in [4.78, 5) is 13.1. The lowest BCUT2D eigenvalue weighted by atomic mass is 9.99. The highest BCUT2D eigenvalue weighted by molar-refractivity contribution is 5.76. The van der Waals surface area contributed by atoms with Crippen LogP contribution in [0.1, 0.15) is 239 Å². The lowest BCUT2D eigenvalue weighted by Crippen LogP contribution is -2.60. The number of nitrogens with one attached hydrogen (secondary N) is 1. The number of rotatable bonds is 48. The molecule has 1 amide bonds. The molecule has 0 saturated carbocycles. The van der Waals surface area contributed by atoms with Crippen molar-refractivity contribution in [3.05, 3.63) is 85.1 Å². The van der Waals surface area contributed by atoms with Gasteiger partial charge in [-0.15, -0.1) is 0 Å². The number of carbonyl (C=O) groups is 1. The summed E-state index contributed by atoms with van der Waals surface area (Å²) in [6.07, 6.45) is 63.5. The van der Waals surface area contributed by atoms with Crippen LogP contribution >= 0.6 is 0 Å². The normalized spacial score (nSPS) is 20.0. The average molecular weight is 983 g/mol. The molecule has 1 rings (SSSR count). The monoisotopic (exact) mass is 982 g/mol. The zero-order chi connectivity index (χ0) is 50.8. The van der Waals surface area contributed by atoms with Gasteiger partial charge in [0.2, 0.25) is 5.91 Å². The number of aliphatic hydroxyl groups is 5. The van der Waals surface area contributed by atoms with Gasteiger partial charge in [-0.1, -0.05) is 247 Å². The van der Waals surface area contributed by atoms with Gasteiger partial charge in [-0.25, -0.2) is 0 Å². The number of amides is 1. The Hall–Kier alpha value is -2.63. The zero-order valence-corrected chi connectivity index (χ0v) is 44.7. The number of carbonyl (C=O) groups excluding carboxylic acids is 1. The molecule has 1 heterocycles. The highest BCUT2D eigenvalue weighted by Gasteiger charge is 2.44. The minimum Gasteiger partial charge on any atom is -0.394 e. The fraction of sp³-hybridized carbons (Fsp3) is 0.754. The van der Waals surface area contributed by atoms with E-state index < -0.39 is 49.5 Å². The third-order valence-electron chi connectivity index (χ3n) is 13.2. The van der Waals surface area contributed by atoms with Crippen molar-refractivity contribution in [2.45, 2.75) is 281 Å². The molecule has 0 aromatic rings. The van der Waals surface area contributed by atoms with Crippen molar-refractivity contribution >= 4 is 5.91 Å². The molecular weight excluding hydrogens is 875 g/mol. The van der Waals surface area contributed by atoms with Gasteiger partial charge in [-0.3, -0.25) is 4.79 Å². The summed E-state index contributed by atoms with van der Waals surface area (Å²) < 4.78 is 11.3. The first-order valence-corrected chi connectivity index (χ1v) is 28.8. The minimum absolute atomic E-state index is 0.184. The van der Waals surface area contributed by atoms with Crippen LogP contribution < -0.4 is 5.32 Å². The van der Waals surface area contributed by atoms with Gasteiger partial charge in [-0.2, -0.15) is 0 Å². The van der Waals surface area contributed by atoms with E-state index >= 15 is 0 Å². The van der Waals surface area contributed by atoms with E-state index in [4.69, 9.17) is 9.47 Å². The molecule has 0 aliphatic carbocycles. The first-order valence-electron chi connectivity index (χ1n) is 28.8. The Bertz CT molecular complexity index is 1370. The summed E-state index contributed by atoms with van der Waals surface area (Å²) in [6, 6.07) is -0.812. The molecular formula is C61H107NO8. The second-order valence-electron chi connectivity index (χ2n) is 19.7. The van der Waals surface area contributed by atoms with Crippen molar-refractivity contribution in [1.82, 2.24) is 5.32 Å². The van der Waals surface area contributed by atoms with Crippen molar-refractivity contribution in [2.75, 3.05) is 13.2 Å². The summed E-state index contributed by atoms with van der Waals surface area (Å²) in [5.74, 6) is -0.184. The first kappa shape index (κ1) is 65.4. The van der Waals surface area contributed by atoms with Gasteiger partial charge in [-0.05, 0) is 70.6 Å². The fourth-order valence-corrected chi connectivity index (χ4v) is 8.69. The topological polar surface area (TPSA) is 149 Å². The molecule has 0 bridgehead atoms. The van der Waals surface area contributed by atoms with E-state index in [-0.39, 0.29) is 12.5 Å². The Morgan fingerprint density at radius 2 is 0.886 bits per heavy atom. The van der Waals surface area contributed by atoms with E-state index in [1.165, 1.54) is 135 Å². The van der Waals surface area contributed by atoms with Crippen LogP contribution in [-0.4, -0.2) is 87.5 Å². The molecule has 1 saturated heterocycles. The molecule has 404 valence electrons. The molecule has 1 fully saturated rings. The molecule has 6 N–H and O–H groups in total. The maximum atomic E-state index is 13.1. The van der Waals surface area contributed by atoms with Crippen LogP contribution in [0.25, 0.3) is 0 Å². The van der Waals surface area contributed by atoms with E-state index in [9.17, 15) is 30.3 Å².